The maximum absolute atomic E-state index is 12.8. The van der Waals surface area contributed by atoms with Gasteiger partial charge in [-0.2, -0.15) is 13.2 Å². The zero-order chi connectivity index (χ0) is 13.7. The number of nitrogens with one attached hydrogen (secondary N) is 1. The van der Waals surface area contributed by atoms with E-state index >= 15 is 0 Å². The third kappa shape index (κ3) is 2.03. The molecular weight excluding hydrogens is 334 g/mol. The van der Waals surface area contributed by atoms with Crippen molar-refractivity contribution in [2.75, 3.05) is 0 Å². The van der Waals surface area contributed by atoms with Crippen molar-refractivity contribution in [1.82, 2.24) is 4.98 Å². The van der Waals surface area contributed by atoms with Crippen molar-refractivity contribution in [2.24, 2.45) is 0 Å². The standard InChI is InChI=1S/C11H6BrClF3NO/c1-4-2-3-5(13)6-8(4)17-10(11(14,15)16)7(12)9(6)18/h2-3H,1H3,(H,17,18). The van der Waals surface area contributed by atoms with Crippen molar-refractivity contribution in [3.05, 3.63) is 43.1 Å². The lowest BCUT2D eigenvalue weighted by Gasteiger charge is -2.12. The minimum atomic E-state index is -4.64. The molecule has 1 heterocycles. The summed E-state index contributed by atoms with van der Waals surface area (Å²) >= 11 is 8.52. The highest BCUT2D eigenvalue weighted by Crippen LogP contribution is 2.34. The second-order valence-corrected chi connectivity index (χ2v) is 4.96. The van der Waals surface area contributed by atoms with Gasteiger partial charge in [-0.25, -0.2) is 0 Å². The Balaban J connectivity index is 3.02. The van der Waals surface area contributed by atoms with Gasteiger partial charge in [-0.15, -0.1) is 0 Å². The molecule has 1 N–H and O–H groups in total. The Hall–Kier alpha value is -1.01. The number of hydrogen-bond acceptors (Lipinski definition) is 1. The summed E-state index contributed by atoms with van der Waals surface area (Å²) in [7, 11) is 0. The number of hydrogen-bond donors (Lipinski definition) is 1. The van der Waals surface area contributed by atoms with E-state index in [1.165, 1.54) is 6.07 Å². The van der Waals surface area contributed by atoms with Gasteiger partial charge in [0, 0.05) is 0 Å². The third-order valence-corrected chi connectivity index (χ3v) is 3.61. The summed E-state index contributed by atoms with van der Waals surface area (Å²) in [5.41, 5.74) is -1.26. The topological polar surface area (TPSA) is 32.9 Å². The van der Waals surface area contributed by atoms with E-state index in [9.17, 15) is 18.0 Å². The first-order valence-corrected chi connectivity index (χ1v) is 5.98. The van der Waals surface area contributed by atoms with Crippen molar-refractivity contribution in [2.45, 2.75) is 13.1 Å². The van der Waals surface area contributed by atoms with E-state index in [-0.39, 0.29) is 15.9 Å². The highest BCUT2D eigenvalue weighted by Gasteiger charge is 2.36. The molecule has 0 unspecified atom stereocenters. The van der Waals surface area contributed by atoms with Gasteiger partial charge in [-0.05, 0) is 34.5 Å². The van der Waals surface area contributed by atoms with E-state index in [1.54, 1.807) is 13.0 Å². The Bertz CT molecular complexity index is 693. The first-order chi connectivity index (χ1) is 8.23. The van der Waals surface area contributed by atoms with Gasteiger partial charge in [0.05, 0.1) is 20.4 Å². The molecule has 0 amide bonds. The van der Waals surface area contributed by atoms with Crippen molar-refractivity contribution in [3.8, 4) is 0 Å². The summed E-state index contributed by atoms with van der Waals surface area (Å²) in [6.45, 7) is 1.60. The number of aryl methyl sites for hydroxylation is 1. The molecule has 0 aliphatic rings. The van der Waals surface area contributed by atoms with Crippen LogP contribution in [0.3, 0.4) is 0 Å². The van der Waals surface area contributed by atoms with Gasteiger partial charge < -0.3 is 4.98 Å². The summed E-state index contributed by atoms with van der Waals surface area (Å²) < 4.78 is 37.7. The predicted molar refractivity (Wildman–Crippen MR) is 67.0 cm³/mol. The van der Waals surface area contributed by atoms with E-state index in [4.69, 9.17) is 11.6 Å². The molecule has 0 spiro atoms. The van der Waals surface area contributed by atoms with Crippen LogP contribution in [-0.4, -0.2) is 4.98 Å². The molecule has 0 aliphatic heterocycles. The quantitative estimate of drug-likeness (QED) is 0.763. The number of benzene rings is 1. The molecule has 7 heteroatoms. The molecular formula is C11H6BrClF3NO. The van der Waals surface area contributed by atoms with Crippen molar-refractivity contribution < 1.29 is 13.2 Å². The Morgan fingerprint density at radius 2 is 1.94 bits per heavy atom. The highest BCUT2D eigenvalue weighted by molar-refractivity contribution is 9.10. The summed E-state index contributed by atoms with van der Waals surface area (Å²) in [6.07, 6.45) is -4.64. The van der Waals surface area contributed by atoms with Crippen LogP contribution >= 0.6 is 27.5 Å². The van der Waals surface area contributed by atoms with Crippen LogP contribution in [-0.2, 0) is 6.18 Å². The van der Waals surface area contributed by atoms with Gasteiger partial charge in [-0.1, -0.05) is 17.7 Å². The monoisotopic (exact) mass is 339 g/mol. The number of aromatic nitrogens is 1. The largest absolute Gasteiger partial charge is 0.432 e. The Kier molecular flexibility index (Phi) is 3.19. The second kappa shape index (κ2) is 4.28. The number of H-pyrrole nitrogens is 1. The van der Waals surface area contributed by atoms with Crippen LogP contribution in [0.4, 0.5) is 13.2 Å². The summed E-state index contributed by atoms with van der Waals surface area (Å²) in [5, 5.41) is 0.169. The van der Waals surface area contributed by atoms with Crippen molar-refractivity contribution in [3.63, 3.8) is 0 Å². The van der Waals surface area contributed by atoms with Crippen LogP contribution in [0, 0.1) is 6.92 Å². The van der Waals surface area contributed by atoms with Crippen LogP contribution in [0.2, 0.25) is 5.02 Å². The fourth-order valence-corrected chi connectivity index (χ4v) is 2.43. The number of fused-ring (bicyclic) bond motifs is 1. The zero-order valence-electron chi connectivity index (χ0n) is 8.95. The SMILES string of the molecule is Cc1ccc(Cl)c2c(=O)c(Br)c(C(F)(F)F)[nH]c12. The molecule has 2 nitrogen and oxygen atoms in total. The maximum Gasteiger partial charge on any atom is 0.432 e. The van der Waals surface area contributed by atoms with E-state index in [0.29, 0.717) is 5.56 Å². The Morgan fingerprint density at radius 1 is 1.33 bits per heavy atom. The fraction of sp³-hybridized carbons (Fsp3) is 0.182. The molecule has 0 saturated carbocycles. The number of halogens is 5. The fourth-order valence-electron chi connectivity index (χ4n) is 1.66. The smallest absolute Gasteiger partial charge is 0.350 e. The lowest BCUT2D eigenvalue weighted by atomic mass is 10.1. The molecule has 1 aromatic carbocycles. The van der Waals surface area contributed by atoms with Crippen molar-refractivity contribution >= 4 is 38.4 Å². The molecule has 0 aliphatic carbocycles. The average Bonchev–Trinajstić information content (AvgIpc) is 2.26. The minimum Gasteiger partial charge on any atom is -0.350 e. The first-order valence-electron chi connectivity index (χ1n) is 4.81. The van der Waals surface area contributed by atoms with Crippen LogP contribution in [0.5, 0.6) is 0 Å². The number of rotatable bonds is 0. The lowest BCUT2D eigenvalue weighted by Crippen LogP contribution is -2.17. The van der Waals surface area contributed by atoms with Gasteiger partial charge in [0.1, 0.15) is 5.69 Å². The second-order valence-electron chi connectivity index (χ2n) is 3.76. The first kappa shape index (κ1) is 13.4. The summed E-state index contributed by atoms with van der Waals surface area (Å²) in [4.78, 5) is 14.1. The molecule has 0 fully saturated rings. The van der Waals surface area contributed by atoms with E-state index < -0.39 is 21.8 Å². The van der Waals surface area contributed by atoms with Gasteiger partial charge in [0.2, 0.25) is 5.43 Å². The van der Waals surface area contributed by atoms with Crippen LogP contribution < -0.4 is 5.43 Å². The Morgan fingerprint density at radius 3 is 2.50 bits per heavy atom. The van der Waals surface area contributed by atoms with Gasteiger partial charge >= 0.3 is 6.18 Å². The molecule has 0 atom stereocenters. The number of aromatic amines is 1. The van der Waals surface area contributed by atoms with Crippen LogP contribution in [0.15, 0.2) is 21.4 Å². The number of alkyl halides is 3. The molecule has 0 bridgehead atoms. The molecule has 2 rings (SSSR count). The predicted octanol–water partition coefficient (Wildman–Crippen LogP) is 4.27. The summed E-state index contributed by atoms with van der Waals surface area (Å²) in [6, 6.07) is 3.03. The third-order valence-electron chi connectivity index (χ3n) is 2.54. The maximum atomic E-state index is 12.8. The normalized spacial score (nSPS) is 12.1. The van der Waals surface area contributed by atoms with Crippen molar-refractivity contribution in [1.29, 1.82) is 0 Å². The molecule has 18 heavy (non-hydrogen) atoms. The van der Waals surface area contributed by atoms with Crippen LogP contribution in [0.1, 0.15) is 11.3 Å². The molecule has 0 saturated heterocycles. The van der Waals surface area contributed by atoms with E-state index in [2.05, 4.69) is 20.9 Å². The molecule has 1 aromatic heterocycles. The van der Waals surface area contributed by atoms with Crippen LogP contribution in [0.25, 0.3) is 10.9 Å². The molecule has 96 valence electrons. The van der Waals surface area contributed by atoms with Gasteiger partial charge in [0.15, 0.2) is 0 Å². The molecule has 2 aromatic rings. The number of pyridine rings is 1. The minimum absolute atomic E-state index is 0.0524. The molecule has 0 radical (unpaired) electrons. The lowest BCUT2D eigenvalue weighted by molar-refractivity contribution is -0.141. The Labute approximate surface area is 113 Å². The summed E-state index contributed by atoms with van der Waals surface area (Å²) in [5.74, 6) is 0. The van der Waals surface area contributed by atoms with Gasteiger partial charge in [-0.3, -0.25) is 4.79 Å². The zero-order valence-corrected chi connectivity index (χ0v) is 11.3. The average molecular weight is 341 g/mol. The van der Waals surface area contributed by atoms with E-state index in [1.807, 2.05) is 0 Å². The van der Waals surface area contributed by atoms with E-state index in [0.717, 1.165) is 0 Å². The highest BCUT2D eigenvalue weighted by atomic mass is 79.9. The van der Waals surface area contributed by atoms with Gasteiger partial charge in [0.25, 0.3) is 0 Å².